The number of methoxy groups -OCH3 is 1. The van der Waals surface area contributed by atoms with Crippen molar-refractivity contribution in [1.82, 2.24) is 24.9 Å². The molecule has 3 heterocycles. The first kappa shape index (κ1) is 39.2. The monoisotopic (exact) mass is 750 g/mol. The third-order valence-electron chi connectivity index (χ3n) is 8.33. The maximum atomic E-state index is 13.7. The zero-order valence-electron chi connectivity index (χ0n) is 28.0. The summed E-state index contributed by atoms with van der Waals surface area (Å²) in [5.41, 5.74) is 5.02. The lowest BCUT2D eigenvalue weighted by Gasteiger charge is -2.50. The average molecular weight is 751 g/mol. The number of thioether (sulfide) groups is 1. The summed E-state index contributed by atoms with van der Waals surface area (Å²) >= 11 is 0.948. The molecule has 2 saturated heterocycles. The summed E-state index contributed by atoms with van der Waals surface area (Å²) in [7, 11) is 1.26. The van der Waals surface area contributed by atoms with Crippen LogP contribution in [0.2, 0.25) is 0 Å². The number of amides is 7. The fraction of sp³-hybridized carbons (Fsp3) is 0.433. The maximum Gasteiger partial charge on any atom is 0.411 e. The number of carboxylic acid groups (broad SMARTS) is 2. The Bertz CT molecular complexity index is 1740. The van der Waals surface area contributed by atoms with E-state index < -0.39 is 106 Å². The van der Waals surface area contributed by atoms with Crippen LogP contribution in [0, 0.1) is 0 Å². The lowest BCUT2D eigenvalue weighted by molar-refractivity contribution is -0.162. The third-order valence-corrected chi connectivity index (χ3v) is 9.74. The molecule has 1 aromatic rings. The molecule has 0 aromatic heterocycles. The molecule has 0 bridgehead atoms. The van der Waals surface area contributed by atoms with Crippen LogP contribution in [0.5, 0.6) is 0 Å². The van der Waals surface area contributed by atoms with E-state index >= 15 is 0 Å². The van der Waals surface area contributed by atoms with E-state index in [-0.39, 0.29) is 36.6 Å². The molecular weight excluding hydrogens is 714 g/mol. The summed E-state index contributed by atoms with van der Waals surface area (Å²) in [6.07, 6.45) is -2.07. The van der Waals surface area contributed by atoms with E-state index in [0.29, 0.717) is 4.90 Å². The summed E-state index contributed by atoms with van der Waals surface area (Å²) in [5, 5.41) is 24.1. The van der Waals surface area contributed by atoms with Gasteiger partial charge in [0.1, 0.15) is 47.9 Å². The smallest absolute Gasteiger partial charge is 0.411 e. The molecule has 21 nitrogen and oxygen atoms in total. The summed E-state index contributed by atoms with van der Waals surface area (Å²) in [6, 6.07) is 3.47. The second-order valence-corrected chi connectivity index (χ2v) is 12.6. The molecule has 2 fully saturated rings. The number of rotatable bonds is 13. The lowest BCUT2D eigenvalue weighted by Crippen LogP contribution is -2.69. The van der Waals surface area contributed by atoms with E-state index in [2.05, 4.69) is 16.0 Å². The van der Waals surface area contributed by atoms with Crippen molar-refractivity contribution in [1.29, 1.82) is 0 Å². The van der Waals surface area contributed by atoms with Gasteiger partial charge in [0.15, 0.2) is 11.8 Å². The Kier molecular flexibility index (Phi) is 12.2. The van der Waals surface area contributed by atoms with Gasteiger partial charge < -0.3 is 40.8 Å². The topological polar surface area (TPSA) is 290 Å². The van der Waals surface area contributed by atoms with Crippen molar-refractivity contribution in [2.24, 2.45) is 5.73 Å². The van der Waals surface area contributed by atoms with Crippen molar-refractivity contribution in [2.75, 3.05) is 51.8 Å². The summed E-state index contributed by atoms with van der Waals surface area (Å²) < 4.78 is 14.4. The van der Waals surface area contributed by atoms with E-state index in [0.717, 1.165) is 23.6 Å². The minimum Gasteiger partial charge on any atom is -0.480 e. The van der Waals surface area contributed by atoms with Crippen LogP contribution in [0.1, 0.15) is 13.8 Å². The van der Waals surface area contributed by atoms with Gasteiger partial charge in [-0.05, 0) is 13.0 Å². The standard InChI is InChI=1S/C30H35N7O14S/c1-4-37(18-8-6-5-7-17(18)33-30(48)51-13-16(31)27(43)44)10-9-35(24(41)26(37)42)29(47)32-11-19(39)34-22-15(12-50-14(2)38)20(28(45)46)36-23(40)21(49-3)25(36)52-22/h5-8,16,21-22,25H,4,9-13,31H2,1-3H3,(H4-,32,33,34,39,43,44,45,46,47,48)/p+1/t16?,21-,22-,25+,37?/m1/s1. The number of hydrogen-bond donors (Lipinski definition) is 6. The number of nitrogens with one attached hydrogen (secondary N) is 3. The van der Waals surface area contributed by atoms with Crippen LogP contribution in [0.4, 0.5) is 21.0 Å². The molecule has 5 atom stereocenters. The largest absolute Gasteiger partial charge is 0.480 e. The second kappa shape index (κ2) is 16.2. The number of quaternary nitrogens is 1. The number of urea groups is 1. The van der Waals surface area contributed by atoms with Crippen LogP contribution in [-0.2, 0) is 47.8 Å². The Morgan fingerprint density at radius 2 is 1.79 bits per heavy atom. The number of benzene rings is 1. The van der Waals surface area contributed by atoms with E-state index in [1.54, 1.807) is 13.0 Å². The van der Waals surface area contributed by atoms with Crippen LogP contribution in [-0.4, -0.2) is 143 Å². The molecule has 0 radical (unpaired) electrons. The van der Waals surface area contributed by atoms with E-state index in [1.165, 1.54) is 25.3 Å². The number of carboxylic acids is 2. The number of hydrogen-bond acceptors (Lipinski definition) is 14. The molecule has 7 amide bonds. The van der Waals surface area contributed by atoms with Gasteiger partial charge in [-0.15, -0.1) is 11.8 Å². The zero-order chi connectivity index (χ0) is 38.5. The Morgan fingerprint density at radius 3 is 2.40 bits per heavy atom. The molecule has 0 saturated carbocycles. The molecule has 3 aliphatic rings. The lowest BCUT2D eigenvalue weighted by atomic mass is 10.0. The van der Waals surface area contributed by atoms with Crippen molar-refractivity contribution in [3.8, 4) is 0 Å². The van der Waals surface area contributed by atoms with Crippen LogP contribution in [0.15, 0.2) is 35.5 Å². The summed E-state index contributed by atoms with van der Waals surface area (Å²) in [5.74, 6) is -7.39. The summed E-state index contributed by atoms with van der Waals surface area (Å²) in [4.78, 5) is 114. The van der Waals surface area contributed by atoms with Crippen molar-refractivity contribution < 1.29 is 67.6 Å². The highest BCUT2D eigenvalue weighted by Crippen LogP contribution is 2.44. The third kappa shape index (κ3) is 7.83. The molecule has 280 valence electrons. The number of fused-ring (bicyclic) bond motifs is 1. The molecule has 4 rings (SSSR count). The number of carbonyl (C=O) groups excluding carboxylic acids is 7. The van der Waals surface area contributed by atoms with Gasteiger partial charge in [0.2, 0.25) is 5.91 Å². The molecular formula is C30H36N7O14S+. The highest BCUT2D eigenvalue weighted by molar-refractivity contribution is 8.00. The van der Waals surface area contributed by atoms with Gasteiger partial charge in [0.25, 0.3) is 5.91 Å². The van der Waals surface area contributed by atoms with Gasteiger partial charge in [-0.1, -0.05) is 12.1 Å². The number of piperazine rings is 1. The fourth-order valence-electron chi connectivity index (χ4n) is 5.66. The molecule has 1 aromatic carbocycles. The Hall–Kier alpha value is -5.58. The highest BCUT2D eigenvalue weighted by atomic mass is 32.2. The molecule has 0 aliphatic carbocycles. The number of nitrogens with two attached hydrogens (primary N) is 1. The van der Waals surface area contributed by atoms with Gasteiger partial charge in [0, 0.05) is 25.7 Å². The van der Waals surface area contributed by atoms with Crippen molar-refractivity contribution >= 4 is 76.8 Å². The van der Waals surface area contributed by atoms with E-state index in [9.17, 15) is 48.3 Å². The van der Waals surface area contributed by atoms with Crippen LogP contribution >= 0.6 is 11.8 Å². The number of para-hydroxylation sites is 2. The highest BCUT2D eigenvalue weighted by Gasteiger charge is 2.57. The minimum atomic E-state index is -1.52. The number of anilines is 1. The van der Waals surface area contributed by atoms with E-state index in [1.807, 2.05) is 0 Å². The van der Waals surface area contributed by atoms with E-state index in [4.69, 9.17) is 25.1 Å². The van der Waals surface area contributed by atoms with Gasteiger partial charge >= 0.3 is 41.8 Å². The fourth-order valence-corrected chi connectivity index (χ4v) is 7.19. The number of nitrogens with zero attached hydrogens (tertiary/aromatic N) is 3. The zero-order valence-corrected chi connectivity index (χ0v) is 28.8. The Labute approximate surface area is 298 Å². The molecule has 3 aliphatic heterocycles. The second-order valence-electron chi connectivity index (χ2n) is 11.4. The van der Waals surface area contributed by atoms with Gasteiger partial charge in [-0.2, -0.15) is 0 Å². The van der Waals surface area contributed by atoms with Gasteiger partial charge in [-0.25, -0.2) is 28.6 Å². The van der Waals surface area contributed by atoms with Crippen LogP contribution in [0.25, 0.3) is 0 Å². The number of β-lactam (4-membered cyclic amide) rings is 1. The number of carbonyl (C=O) groups is 9. The van der Waals surface area contributed by atoms with Crippen LogP contribution < -0.4 is 26.2 Å². The van der Waals surface area contributed by atoms with Crippen LogP contribution in [0.3, 0.4) is 0 Å². The SMILES string of the molecule is CC[N+]1(c2ccccc2NC(=O)OCC(N)C(=O)O)CCN(C(=O)NCC(=O)N[C@@H]2S[C@H]3[C@H](OC)C(=O)N3C(C(=O)O)=C2COC(C)=O)C(=O)C1=O. The number of ether oxygens (including phenoxy) is 3. The first-order valence-corrected chi connectivity index (χ1v) is 16.5. The molecule has 2 unspecified atom stereocenters. The summed E-state index contributed by atoms with van der Waals surface area (Å²) in [6.45, 7) is 0.360. The number of imide groups is 1. The number of esters is 1. The Morgan fingerprint density at radius 1 is 1.10 bits per heavy atom. The average Bonchev–Trinajstić information content (AvgIpc) is 3.10. The predicted octanol–water partition coefficient (Wildman–Crippen LogP) is -1.67. The molecule has 0 spiro atoms. The van der Waals surface area contributed by atoms with Crippen molar-refractivity contribution in [3.05, 3.63) is 35.5 Å². The maximum absolute atomic E-state index is 13.7. The van der Waals surface area contributed by atoms with Gasteiger partial charge in [-0.3, -0.25) is 34.2 Å². The first-order chi connectivity index (χ1) is 24.6. The molecule has 22 heteroatoms. The predicted molar refractivity (Wildman–Crippen MR) is 177 cm³/mol. The molecule has 52 heavy (non-hydrogen) atoms. The minimum absolute atomic E-state index is 0.0224. The number of likely N-dealkylation sites (N-methyl/N-ethyl adjacent to an activating group) is 1. The normalized spacial score (nSPS) is 23.2. The number of aliphatic carboxylic acids is 2. The molecule has 7 N–H and O–H groups in total. The first-order valence-electron chi connectivity index (χ1n) is 15.5. The van der Waals surface area contributed by atoms with Crippen molar-refractivity contribution in [3.63, 3.8) is 0 Å². The Balaban J connectivity index is 1.44. The van der Waals surface area contributed by atoms with Crippen molar-refractivity contribution in [2.45, 2.75) is 36.7 Å². The van der Waals surface area contributed by atoms with Gasteiger partial charge in [0.05, 0.1) is 19.6 Å². The quantitative estimate of drug-likeness (QED) is 0.0568.